The summed E-state index contributed by atoms with van der Waals surface area (Å²) in [5.74, 6) is 0.567. The summed E-state index contributed by atoms with van der Waals surface area (Å²) in [5, 5.41) is 0. The van der Waals surface area contributed by atoms with E-state index in [2.05, 4.69) is 4.98 Å². The van der Waals surface area contributed by atoms with E-state index in [1.54, 1.807) is 6.07 Å². The van der Waals surface area contributed by atoms with Crippen molar-refractivity contribution in [1.82, 2.24) is 4.98 Å². The van der Waals surface area contributed by atoms with Crippen molar-refractivity contribution in [2.24, 2.45) is 0 Å². The molecule has 1 aromatic heterocycles. The van der Waals surface area contributed by atoms with Crippen LogP contribution >= 0.6 is 0 Å². The zero-order valence-corrected chi connectivity index (χ0v) is 6.06. The predicted molar refractivity (Wildman–Crippen MR) is 39.9 cm³/mol. The Morgan fingerprint density at radius 1 is 1.70 bits per heavy atom. The molecule has 0 aliphatic carbocycles. The minimum absolute atomic E-state index is 0.0224. The van der Waals surface area contributed by atoms with Gasteiger partial charge in [-0.15, -0.1) is 0 Å². The molecule has 0 atom stereocenters. The Balaban J connectivity index is 3.15. The fraction of sp³-hybridized carbons (Fsp3) is 0.286. The van der Waals surface area contributed by atoms with Crippen LogP contribution in [0.25, 0.3) is 0 Å². The van der Waals surface area contributed by atoms with E-state index in [-0.39, 0.29) is 5.78 Å². The maximum absolute atomic E-state index is 10.8. The van der Waals surface area contributed by atoms with Gasteiger partial charge in [-0.2, -0.15) is 0 Å². The van der Waals surface area contributed by atoms with Gasteiger partial charge in [-0.05, 0) is 18.6 Å². The molecular weight excluding hydrogens is 128 g/mol. The molecule has 0 saturated heterocycles. The normalized spacial score (nSPS) is 9.80. The summed E-state index contributed by atoms with van der Waals surface area (Å²) >= 11 is 0. The summed E-state index contributed by atoms with van der Waals surface area (Å²) in [6, 6.07) is 1.75. The lowest BCUT2D eigenvalue weighted by Gasteiger charge is -1.89. The van der Waals surface area contributed by atoms with Gasteiger partial charge in [0.1, 0.15) is 5.82 Å². The summed E-state index contributed by atoms with van der Waals surface area (Å²) in [7, 11) is 0. The average Bonchev–Trinajstić information content (AvgIpc) is 2.10. The Hall–Kier alpha value is -1.25. The number of rotatable bonds is 1. The number of hydrogen-bond acceptors (Lipinski definition) is 2. The van der Waals surface area contributed by atoms with E-state index >= 15 is 0 Å². The maximum atomic E-state index is 10.8. The van der Waals surface area contributed by atoms with Gasteiger partial charge in [0.05, 0.1) is 5.69 Å². The quantitative estimate of drug-likeness (QED) is 0.571. The number of anilines is 1. The molecule has 0 aromatic carbocycles. The Kier molecular flexibility index (Phi) is 1.49. The fourth-order valence-corrected chi connectivity index (χ4v) is 0.950. The van der Waals surface area contributed by atoms with Crippen molar-refractivity contribution in [2.75, 3.05) is 5.73 Å². The second kappa shape index (κ2) is 2.17. The highest BCUT2D eigenvalue weighted by atomic mass is 16.1. The van der Waals surface area contributed by atoms with Crippen LogP contribution < -0.4 is 5.73 Å². The van der Waals surface area contributed by atoms with Crippen molar-refractivity contribution >= 4 is 11.6 Å². The van der Waals surface area contributed by atoms with Gasteiger partial charge in [-0.3, -0.25) is 4.79 Å². The first-order valence-corrected chi connectivity index (χ1v) is 3.07. The maximum Gasteiger partial charge on any atom is 0.176 e. The van der Waals surface area contributed by atoms with Gasteiger partial charge in [-0.1, -0.05) is 0 Å². The number of Topliss-reactive ketones (excluding diaryl/α,β-unsaturated/α-hetero) is 1. The number of carbonyl (C=O) groups excluding carboxylic acids is 1. The minimum Gasteiger partial charge on any atom is -0.385 e. The van der Waals surface area contributed by atoms with E-state index in [0.717, 1.165) is 5.56 Å². The Morgan fingerprint density at radius 3 is 2.50 bits per heavy atom. The molecule has 0 radical (unpaired) electrons. The first-order chi connectivity index (χ1) is 4.61. The highest BCUT2D eigenvalue weighted by Crippen LogP contribution is 2.10. The smallest absolute Gasteiger partial charge is 0.176 e. The number of aryl methyl sites for hydroxylation is 1. The Labute approximate surface area is 59.2 Å². The van der Waals surface area contributed by atoms with Gasteiger partial charge >= 0.3 is 0 Å². The van der Waals surface area contributed by atoms with Gasteiger partial charge in [-0.25, -0.2) is 0 Å². The summed E-state index contributed by atoms with van der Waals surface area (Å²) in [5.41, 5.74) is 6.93. The average molecular weight is 138 g/mol. The first-order valence-electron chi connectivity index (χ1n) is 3.07. The molecule has 1 heterocycles. The van der Waals surface area contributed by atoms with Crippen LogP contribution in [0.2, 0.25) is 0 Å². The number of nitrogens with one attached hydrogen (secondary N) is 1. The predicted octanol–water partition coefficient (Wildman–Crippen LogP) is 1.11. The molecule has 0 aliphatic rings. The summed E-state index contributed by atoms with van der Waals surface area (Å²) in [6.07, 6.45) is 0. The molecule has 54 valence electrons. The topological polar surface area (TPSA) is 58.9 Å². The minimum atomic E-state index is 0.0224. The van der Waals surface area contributed by atoms with E-state index < -0.39 is 0 Å². The molecular formula is C7H10N2O. The molecule has 10 heavy (non-hydrogen) atoms. The van der Waals surface area contributed by atoms with Gasteiger partial charge in [0.2, 0.25) is 0 Å². The number of nitrogen functional groups attached to an aromatic ring is 1. The largest absolute Gasteiger partial charge is 0.385 e. The summed E-state index contributed by atoms with van der Waals surface area (Å²) in [6.45, 7) is 3.36. The number of aromatic nitrogens is 1. The van der Waals surface area contributed by atoms with Crippen LogP contribution in [-0.2, 0) is 0 Å². The van der Waals surface area contributed by atoms with Crippen molar-refractivity contribution in [3.05, 3.63) is 17.3 Å². The number of ketones is 1. The fourth-order valence-electron chi connectivity index (χ4n) is 0.950. The van der Waals surface area contributed by atoms with E-state index in [1.807, 2.05) is 6.92 Å². The second-order valence-corrected chi connectivity index (χ2v) is 2.34. The number of hydrogen-bond donors (Lipinski definition) is 2. The van der Waals surface area contributed by atoms with Gasteiger partial charge < -0.3 is 10.7 Å². The van der Waals surface area contributed by atoms with Crippen LogP contribution in [0.5, 0.6) is 0 Å². The third kappa shape index (κ3) is 1.03. The standard InChI is InChI=1S/C7H10N2O/c1-4-3-6(8)9-7(4)5(2)10/h3,9H,8H2,1-2H3. The highest BCUT2D eigenvalue weighted by molar-refractivity contribution is 5.94. The zero-order valence-electron chi connectivity index (χ0n) is 6.06. The Bertz CT molecular complexity index is 263. The van der Waals surface area contributed by atoms with Crippen molar-refractivity contribution < 1.29 is 4.79 Å². The molecule has 3 nitrogen and oxygen atoms in total. The molecule has 0 spiro atoms. The summed E-state index contributed by atoms with van der Waals surface area (Å²) in [4.78, 5) is 13.6. The summed E-state index contributed by atoms with van der Waals surface area (Å²) < 4.78 is 0. The molecule has 0 unspecified atom stereocenters. The Morgan fingerprint density at radius 2 is 2.30 bits per heavy atom. The van der Waals surface area contributed by atoms with Gasteiger partial charge in [0, 0.05) is 6.92 Å². The molecule has 3 heteroatoms. The third-order valence-corrected chi connectivity index (χ3v) is 1.39. The van der Waals surface area contributed by atoms with Crippen molar-refractivity contribution in [3.8, 4) is 0 Å². The number of aromatic amines is 1. The third-order valence-electron chi connectivity index (χ3n) is 1.39. The molecule has 1 aromatic rings. The van der Waals surface area contributed by atoms with Crippen LogP contribution in [0.15, 0.2) is 6.07 Å². The molecule has 3 N–H and O–H groups in total. The van der Waals surface area contributed by atoms with Gasteiger partial charge in [0.15, 0.2) is 5.78 Å². The van der Waals surface area contributed by atoms with Crippen LogP contribution in [0.3, 0.4) is 0 Å². The lowest BCUT2D eigenvalue weighted by molar-refractivity contribution is 0.101. The first kappa shape index (κ1) is 6.86. The molecule has 0 amide bonds. The van der Waals surface area contributed by atoms with E-state index in [0.29, 0.717) is 11.5 Å². The van der Waals surface area contributed by atoms with Crippen molar-refractivity contribution in [2.45, 2.75) is 13.8 Å². The second-order valence-electron chi connectivity index (χ2n) is 2.34. The lowest BCUT2D eigenvalue weighted by Crippen LogP contribution is -1.94. The number of nitrogens with two attached hydrogens (primary N) is 1. The van der Waals surface area contributed by atoms with Gasteiger partial charge in [0.25, 0.3) is 0 Å². The van der Waals surface area contributed by atoms with Crippen LogP contribution in [-0.4, -0.2) is 10.8 Å². The van der Waals surface area contributed by atoms with E-state index in [4.69, 9.17) is 5.73 Å². The monoisotopic (exact) mass is 138 g/mol. The van der Waals surface area contributed by atoms with E-state index in [9.17, 15) is 4.79 Å². The lowest BCUT2D eigenvalue weighted by atomic mass is 10.2. The van der Waals surface area contributed by atoms with Crippen LogP contribution in [0, 0.1) is 6.92 Å². The molecule has 1 rings (SSSR count). The highest BCUT2D eigenvalue weighted by Gasteiger charge is 2.05. The number of carbonyl (C=O) groups is 1. The van der Waals surface area contributed by atoms with Crippen LogP contribution in [0.4, 0.5) is 5.82 Å². The number of H-pyrrole nitrogens is 1. The van der Waals surface area contributed by atoms with Crippen LogP contribution in [0.1, 0.15) is 23.0 Å². The van der Waals surface area contributed by atoms with Crippen molar-refractivity contribution in [1.29, 1.82) is 0 Å². The molecule has 0 bridgehead atoms. The zero-order chi connectivity index (χ0) is 7.72. The molecule has 0 fully saturated rings. The molecule has 0 saturated carbocycles. The molecule has 0 aliphatic heterocycles. The van der Waals surface area contributed by atoms with Crippen molar-refractivity contribution in [3.63, 3.8) is 0 Å². The van der Waals surface area contributed by atoms with E-state index in [1.165, 1.54) is 6.92 Å². The SMILES string of the molecule is CC(=O)c1[nH]c(N)cc1C.